The van der Waals surface area contributed by atoms with E-state index in [0.717, 1.165) is 6.54 Å². The maximum atomic E-state index is 10.9. The minimum Gasteiger partial charge on any atom is -0.464 e. The first-order chi connectivity index (χ1) is 5.77. The van der Waals surface area contributed by atoms with Crippen LogP contribution in [-0.2, 0) is 4.74 Å². The first-order valence-electron chi connectivity index (χ1n) is 3.65. The Kier molecular flexibility index (Phi) is 2.68. The number of hydrogen-bond acceptors (Lipinski definition) is 4. The van der Waals surface area contributed by atoms with E-state index >= 15 is 0 Å². The molecule has 0 saturated heterocycles. The summed E-state index contributed by atoms with van der Waals surface area (Å²) in [6.45, 7) is 2.72. The number of hydrogen-bond donors (Lipinski definition) is 2. The quantitative estimate of drug-likeness (QED) is 0.651. The van der Waals surface area contributed by atoms with Crippen LogP contribution < -0.4 is 5.32 Å². The van der Waals surface area contributed by atoms with E-state index in [1.54, 1.807) is 6.07 Å². The van der Waals surface area contributed by atoms with Crippen LogP contribution in [0.3, 0.4) is 0 Å². The Morgan fingerprint density at radius 3 is 3.17 bits per heavy atom. The lowest BCUT2D eigenvalue weighted by atomic mass is 10.4. The number of nitrogens with zero attached hydrogens (tertiary/aromatic N) is 1. The molecule has 0 aliphatic carbocycles. The van der Waals surface area contributed by atoms with Crippen LogP contribution >= 0.6 is 0 Å². The van der Waals surface area contributed by atoms with E-state index in [0.29, 0.717) is 11.5 Å². The molecular formula is C7H11N3O2. The first-order valence-corrected chi connectivity index (χ1v) is 3.65. The molecule has 1 aromatic heterocycles. The van der Waals surface area contributed by atoms with E-state index in [9.17, 15) is 4.79 Å². The Labute approximate surface area is 70.1 Å². The smallest absolute Gasteiger partial charge is 0.356 e. The Morgan fingerprint density at radius 1 is 1.83 bits per heavy atom. The third kappa shape index (κ3) is 1.75. The number of H-pyrrole nitrogens is 1. The van der Waals surface area contributed by atoms with Gasteiger partial charge in [0.1, 0.15) is 11.5 Å². The zero-order chi connectivity index (χ0) is 8.97. The van der Waals surface area contributed by atoms with Gasteiger partial charge in [0.05, 0.1) is 7.11 Å². The van der Waals surface area contributed by atoms with E-state index in [1.165, 1.54) is 7.11 Å². The lowest BCUT2D eigenvalue weighted by Gasteiger charge is -1.93. The van der Waals surface area contributed by atoms with Gasteiger partial charge in [-0.3, -0.25) is 5.10 Å². The Hall–Kier alpha value is -1.52. The molecule has 0 spiro atoms. The summed E-state index contributed by atoms with van der Waals surface area (Å²) < 4.78 is 4.49. The van der Waals surface area contributed by atoms with Crippen molar-refractivity contribution < 1.29 is 9.53 Å². The molecule has 12 heavy (non-hydrogen) atoms. The number of carbonyl (C=O) groups is 1. The number of aromatic nitrogens is 2. The second kappa shape index (κ2) is 3.75. The second-order valence-electron chi connectivity index (χ2n) is 2.19. The zero-order valence-corrected chi connectivity index (χ0v) is 7.05. The van der Waals surface area contributed by atoms with Crippen LogP contribution in [0.25, 0.3) is 0 Å². The highest BCUT2D eigenvalue weighted by molar-refractivity contribution is 5.87. The van der Waals surface area contributed by atoms with Crippen molar-refractivity contribution in [1.29, 1.82) is 0 Å². The molecule has 0 fully saturated rings. The van der Waals surface area contributed by atoms with Crippen molar-refractivity contribution >= 4 is 11.8 Å². The Bertz CT molecular complexity index is 269. The van der Waals surface area contributed by atoms with Gasteiger partial charge in [-0.2, -0.15) is 5.10 Å². The summed E-state index contributed by atoms with van der Waals surface area (Å²) >= 11 is 0. The highest BCUT2D eigenvalue weighted by Crippen LogP contribution is 2.05. The molecule has 5 heteroatoms. The molecule has 0 aliphatic heterocycles. The van der Waals surface area contributed by atoms with Crippen LogP contribution in [-0.4, -0.2) is 29.8 Å². The van der Waals surface area contributed by atoms with Crippen LogP contribution in [0.2, 0.25) is 0 Å². The fourth-order valence-corrected chi connectivity index (χ4v) is 0.808. The van der Waals surface area contributed by atoms with Gasteiger partial charge in [-0.1, -0.05) is 0 Å². The van der Waals surface area contributed by atoms with Gasteiger partial charge in [0.2, 0.25) is 0 Å². The molecule has 1 heterocycles. The molecule has 0 saturated carbocycles. The summed E-state index contributed by atoms with van der Waals surface area (Å²) in [6, 6.07) is 1.61. The molecule has 0 amide bonds. The van der Waals surface area contributed by atoms with Gasteiger partial charge in [0.15, 0.2) is 0 Å². The van der Waals surface area contributed by atoms with Crippen molar-refractivity contribution in [2.45, 2.75) is 6.92 Å². The molecule has 66 valence electrons. The monoisotopic (exact) mass is 169 g/mol. The average Bonchev–Trinajstić information content (AvgIpc) is 2.52. The second-order valence-corrected chi connectivity index (χ2v) is 2.19. The predicted octanol–water partition coefficient (Wildman–Crippen LogP) is 0.628. The molecular weight excluding hydrogens is 158 g/mol. The van der Waals surface area contributed by atoms with Crippen molar-refractivity contribution in [3.8, 4) is 0 Å². The van der Waals surface area contributed by atoms with Crippen LogP contribution in [0.5, 0.6) is 0 Å². The molecule has 0 radical (unpaired) electrons. The largest absolute Gasteiger partial charge is 0.464 e. The van der Waals surface area contributed by atoms with Crippen molar-refractivity contribution in [3.63, 3.8) is 0 Å². The van der Waals surface area contributed by atoms with Gasteiger partial charge in [0.25, 0.3) is 0 Å². The number of carbonyl (C=O) groups excluding carboxylic acids is 1. The van der Waals surface area contributed by atoms with Gasteiger partial charge in [-0.25, -0.2) is 4.79 Å². The van der Waals surface area contributed by atoms with Gasteiger partial charge in [0, 0.05) is 12.6 Å². The van der Waals surface area contributed by atoms with Gasteiger partial charge >= 0.3 is 5.97 Å². The zero-order valence-electron chi connectivity index (χ0n) is 7.05. The van der Waals surface area contributed by atoms with Crippen LogP contribution in [0.15, 0.2) is 6.07 Å². The molecule has 2 N–H and O–H groups in total. The molecule has 0 aromatic carbocycles. The van der Waals surface area contributed by atoms with E-state index in [2.05, 4.69) is 20.3 Å². The number of rotatable bonds is 3. The van der Waals surface area contributed by atoms with Crippen LogP contribution in [0, 0.1) is 0 Å². The van der Waals surface area contributed by atoms with Crippen LogP contribution in [0.1, 0.15) is 17.4 Å². The van der Waals surface area contributed by atoms with Crippen molar-refractivity contribution in [2.24, 2.45) is 0 Å². The third-order valence-corrected chi connectivity index (χ3v) is 1.34. The summed E-state index contributed by atoms with van der Waals surface area (Å²) in [5.74, 6) is 0.240. The van der Waals surface area contributed by atoms with Crippen molar-refractivity contribution in [3.05, 3.63) is 11.8 Å². The predicted molar refractivity (Wildman–Crippen MR) is 44.1 cm³/mol. The standard InChI is InChI=1S/C7H11N3O2/c1-3-8-6-4-5(9-10-6)7(11)12-2/h4H,3H2,1-2H3,(H2,8,9,10). The molecule has 1 rings (SSSR count). The number of anilines is 1. The van der Waals surface area contributed by atoms with Crippen molar-refractivity contribution in [2.75, 3.05) is 19.0 Å². The molecule has 0 aliphatic rings. The number of nitrogens with one attached hydrogen (secondary N) is 2. The minimum absolute atomic E-state index is 0.355. The summed E-state index contributed by atoms with van der Waals surface area (Å²) in [6.07, 6.45) is 0. The number of aromatic amines is 1. The minimum atomic E-state index is -0.411. The molecule has 0 bridgehead atoms. The van der Waals surface area contributed by atoms with E-state index in [-0.39, 0.29) is 0 Å². The molecule has 0 unspecified atom stereocenters. The summed E-state index contributed by atoms with van der Waals surface area (Å²) in [5.41, 5.74) is 0.355. The fourth-order valence-electron chi connectivity index (χ4n) is 0.808. The van der Waals surface area contributed by atoms with E-state index in [1.807, 2.05) is 6.92 Å². The fraction of sp³-hybridized carbons (Fsp3) is 0.429. The summed E-state index contributed by atoms with van der Waals surface area (Å²) in [7, 11) is 1.33. The van der Waals surface area contributed by atoms with Gasteiger partial charge < -0.3 is 10.1 Å². The third-order valence-electron chi connectivity index (χ3n) is 1.34. The first kappa shape index (κ1) is 8.58. The number of methoxy groups -OCH3 is 1. The lowest BCUT2D eigenvalue weighted by molar-refractivity contribution is 0.0594. The normalized spacial score (nSPS) is 9.50. The topological polar surface area (TPSA) is 67.0 Å². The summed E-state index contributed by atoms with van der Waals surface area (Å²) in [5, 5.41) is 9.35. The molecule has 0 atom stereocenters. The van der Waals surface area contributed by atoms with Crippen molar-refractivity contribution in [1.82, 2.24) is 10.2 Å². The van der Waals surface area contributed by atoms with Crippen LogP contribution in [0.4, 0.5) is 5.82 Å². The highest BCUT2D eigenvalue weighted by atomic mass is 16.5. The van der Waals surface area contributed by atoms with Gasteiger partial charge in [-0.05, 0) is 6.92 Å². The number of esters is 1. The lowest BCUT2D eigenvalue weighted by Crippen LogP contribution is -2.00. The Balaban J connectivity index is 2.70. The Morgan fingerprint density at radius 2 is 2.58 bits per heavy atom. The molecule has 1 aromatic rings. The maximum Gasteiger partial charge on any atom is 0.356 e. The molecule has 5 nitrogen and oxygen atoms in total. The van der Waals surface area contributed by atoms with E-state index in [4.69, 9.17) is 0 Å². The highest BCUT2D eigenvalue weighted by Gasteiger charge is 2.08. The SMILES string of the molecule is CCNc1cc(C(=O)OC)[nH]n1. The average molecular weight is 169 g/mol. The number of ether oxygens (including phenoxy) is 1. The van der Waals surface area contributed by atoms with Gasteiger partial charge in [-0.15, -0.1) is 0 Å². The summed E-state index contributed by atoms with van der Waals surface area (Å²) in [4.78, 5) is 10.9. The van der Waals surface area contributed by atoms with E-state index < -0.39 is 5.97 Å². The maximum absolute atomic E-state index is 10.9.